The summed E-state index contributed by atoms with van der Waals surface area (Å²) in [5.74, 6) is 0.551. The summed E-state index contributed by atoms with van der Waals surface area (Å²) in [6.45, 7) is 2.45. The van der Waals surface area contributed by atoms with Gasteiger partial charge in [0.1, 0.15) is 11.9 Å². The van der Waals surface area contributed by atoms with E-state index >= 15 is 0 Å². The lowest BCUT2D eigenvalue weighted by atomic mass is 9.95. The normalized spacial score (nSPS) is 18.9. The van der Waals surface area contributed by atoms with E-state index in [-0.39, 0.29) is 23.8 Å². The average molecular weight is 434 g/mol. The first-order valence-corrected chi connectivity index (χ1v) is 11.0. The number of likely N-dealkylation sites (tertiary alicyclic amines) is 1. The second-order valence-electron chi connectivity index (χ2n) is 8.27. The Kier molecular flexibility index (Phi) is 5.77. The molecule has 1 fully saturated rings. The number of amides is 2. The number of nitrogens with zero attached hydrogens (tertiary/aromatic N) is 3. The van der Waals surface area contributed by atoms with Crippen LogP contribution in [0.5, 0.6) is 0 Å². The molecule has 0 bridgehead atoms. The molecule has 2 aliphatic rings. The summed E-state index contributed by atoms with van der Waals surface area (Å²) in [5.41, 5.74) is 2.39. The summed E-state index contributed by atoms with van der Waals surface area (Å²) in [4.78, 5) is 31.8. The molecule has 0 radical (unpaired) electrons. The molecule has 1 aromatic carbocycles. The predicted molar refractivity (Wildman–Crippen MR) is 115 cm³/mol. The van der Waals surface area contributed by atoms with Crippen LogP contribution in [0.15, 0.2) is 59.5 Å². The summed E-state index contributed by atoms with van der Waals surface area (Å²) in [6.07, 6.45) is 4.55. The molecule has 32 heavy (non-hydrogen) atoms. The minimum absolute atomic E-state index is 0.00761. The lowest BCUT2D eigenvalue weighted by Gasteiger charge is -2.31. The van der Waals surface area contributed by atoms with Crippen molar-refractivity contribution in [3.63, 3.8) is 0 Å². The third-order valence-electron chi connectivity index (χ3n) is 6.27. The maximum atomic E-state index is 13.1. The maximum Gasteiger partial charge on any atom is 0.274 e. The Morgan fingerprint density at radius 1 is 1.09 bits per heavy atom. The zero-order valence-corrected chi connectivity index (χ0v) is 17.8. The molecular formula is C24H26N4O4. The van der Waals surface area contributed by atoms with E-state index in [9.17, 15) is 9.59 Å². The molecule has 5 rings (SSSR count). The van der Waals surface area contributed by atoms with E-state index in [0.717, 1.165) is 17.0 Å². The number of imidazole rings is 1. The number of carbonyl (C=O) groups excluding carboxylic acids is 2. The van der Waals surface area contributed by atoms with Crippen molar-refractivity contribution in [2.24, 2.45) is 5.92 Å². The fourth-order valence-corrected chi connectivity index (χ4v) is 4.40. The highest BCUT2D eigenvalue weighted by molar-refractivity contribution is 5.93. The second-order valence-corrected chi connectivity index (χ2v) is 8.27. The smallest absolute Gasteiger partial charge is 0.274 e. The zero-order valence-electron chi connectivity index (χ0n) is 17.8. The van der Waals surface area contributed by atoms with Crippen molar-refractivity contribution in [2.45, 2.75) is 38.6 Å². The molecular weight excluding hydrogens is 408 g/mol. The molecule has 4 heterocycles. The highest BCUT2D eigenvalue weighted by Gasteiger charge is 2.32. The van der Waals surface area contributed by atoms with E-state index in [1.165, 1.54) is 0 Å². The molecule has 8 heteroatoms. The Hall–Kier alpha value is -3.39. The monoisotopic (exact) mass is 434 g/mol. The Bertz CT molecular complexity index is 1070. The van der Waals surface area contributed by atoms with Crippen molar-refractivity contribution in [3.8, 4) is 0 Å². The van der Waals surface area contributed by atoms with Gasteiger partial charge in [-0.1, -0.05) is 30.3 Å². The Morgan fingerprint density at radius 3 is 2.66 bits per heavy atom. The maximum absolute atomic E-state index is 13.1. The third kappa shape index (κ3) is 4.18. The van der Waals surface area contributed by atoms with Gasteiger partial charge in [-0.25, -0.2) is 4.98 Å². The Morgan fingerprint density at radius 2 is 1.91 bits per heavy atom. The Labute approximate surface area is 186 Å². The van der Waals surface area contributed by atoms with Crippen molar-refractivity contribution in [1.82, 2.24) is 19.8 Å². The van der Waals surface area contributed by atoms with Crippen LogP contribution in [0.25, 0.3) is 0 Å². The van der Waals surface area contributed by atoms with Gasteiger partial charge in [-0.15, -0.1) is 0 Å². The van der Waals surface area contributed by atoms with Gasteiger partial charge in [-0.3, -0.25) is 9.59 Å². The van der Waals surface area contributed by atoms with Crippen LogP contribution in [0.3, 0.4) is 0 Å². The van der Waals surface area contributed by atoms with Gasteiger partial charge in [0.25, 0.3) is 5.91 Å². The van der Waals surface area contributed by atoms with Crippen LogP contribution < -0.4 is 5.32 Å². The van der Waals surface area contributed by atoms with Crippen molar-refractivity contribution in [1.29, 1.82) is 0 Å². The van der Waals surface area contributed by atoms with Gasteiger partial charge in [-0.2, -0.15) is 0 Å². The molecule has 1 N–H and O–H groups in total. The second kappa shape index (κ2) is 9.00. The predicted octanol–water partition coefficient (Wildman–Crippen LogP) is 2.92. The number of hydrogen-bond donors (Lipinski definition) is 1. The van der Waals surface area contributed by atoms with E-state index < -0.39 is 0 Å². The van der Waals surface area contributed by atoms with E-state index in [1.807, 2.05) is 41.0 Å². The number of furan rings is 1. The van der Waals surface area contributed by atoms with Crippen LogP contribution in [0.1, 0.15) is 46.5 Å². The number of piperidine rings is 1. The van der Waals surface area contributed by atoms with Gasteiger partial charge in [0.2, 0.25) is 5.91 Å². The van der Waals surface area contributed by atoms with Gasteiger partial charge in [0.15, 0.2) is 5.69 Å². The van der Waals surface area contributed by atoms with Gasteiger partial charge in [-0.05, 0) is 30.5 Å². The number of benzene rings is 1. The summed E-state index contributed by atoms with van der Waals surface area (Å²) in [6, 6.07) is 13.7. The topological polar surface area (TPSA) is 89.6 Å². The molecule has 166 valence electrons. The molecule has 0 aliphatic carbocycles. The largest absolute Gasteiger partial charge is 0.467 e. The van der Waals surface area contributed by atoms with Gasteiger partial charge < -0.3 is 23.9 Å². The van der Waals surface area contributed by atoms with Crippen LogP contribution in [-0.4, -0.2) is 39.4 Å². The van der Waals surface area contributed by atoms with Gasteiger partial charge in [0.05, 0.1) is 38.0 Å². The van der Waals surface area contributed by atoms with Crippen molar-refractivity contribution >= 4 is 11.8 Å². The average Bonchev–Trinajstić information content (AvgIpc) is 3.52. The molecule has 1 atom stereocenters. The quantitative estimate of drug-likeness (QED) is 0.667. The molecule has 8 nitrogen and oxygen atoms in total. The number of carbonyl (C=O) groups is 2. The molecule has 1 saturated heterocycles. The number of ether oxygens (including phenoxy) is 1. The zero-order chi connectivity index (χ0) is 21.9. The van der Waals surface area contributed by atoms with E-state index in [4.69, 9.17) is 9.15 Å². The Balaban J connectivity index is 1.17. The number of aromatic nitrogens is 2. The molecule has 0 spiro atoms. The summed E-state index contributed by atoms with van der Waals surface area (Å²) < 4.78 is 13.3. The van der Waals surface area contributed by atoms with Gasteiger partial charge >= 0.3 is 0 Å². The van der Waals surface area contributed by atoms with Crippen molar-refractivity contribution in [2.75, 3.05) is 13.1 Å². The minimum atomic E-state index is -0.0973. The minimum Gasteiger partial charge on any atom is -0.467 e. The molecule has 0 saturated carbocycles. The van der Waals surface area contributed by atoms with Gasteiger partial charge in [0, 0.05) is 19.0 Å². The van der Waals surface area contributed by atoms with Crippen LogP contribution in [-0.2, 0) is 29.2 Å². The number of nitrogens with one attached hydrogen (secondary N) is 1. The lowest BCUT2D eigenvalue weighted by molar-refractivity contribution is -0.126. The standard InChI is InChI=1S/C24H26N4O4/c29-23(25-13-19-7-4-12-31-19)18-8-10-27(11-9-18)24(30)22-20-15-32-21(14-28(20)16-26-22)17-5-2-1-3-6-17/h1-7,12,16,18,21H,8-11,13-15H2,(H,25,29). The number of fused-ring (bicyclic) bond motifs is 1. The molecule has 3 aromatic rings. The molecule has 2 aromatic heterocycles. The SMILES string of the molecule is O=C(NCc1ccco1)C1CCN(C(=O)c2ncn3c2COC(c2ccccc2)C3)CC1. The summed E-state index contributed by atoms with van der Waals surface area (Å²) >= 11 is 0. The van der Waals surface area contributed by atoms with Crippen molar-refractivity contribution in [3.05, 3.63) is 77.8 Å². The first-order valence-electron chi connectivity index (χ1n) is 11.0. The van der Waals surface area contributed by atoms with Crippen LogP contribution in [0, 0.1) is 5.92 Å². The van der Waals surface area contributed by atoms with E-state index in [1.54, 1.807) is 23.6 Å². The van der Waals surface area contributed by atoms with Crippen LogP contribution in [0.2, 0.25) is 0 Å². The van der Waals surface area contributed by atoms with E-state index in [0.29, 0.717) is 51.3 Å². The lowest BCUT2D eigenvalue weighted by Crippen LogP contribution is -2.43. The van der Waals surface area contributed by atoms with E-state index in [2.05, 4.69) is 10.3 Å². The fourth-order valence-electron chi connectivity index (χ4n) is 4.40. The molecule has 1 unspecified atom stereocenters. The molecule has 2 amide bonds. The first kappa shape index (κ1) is 20.5. The van der Waals surface area contributed by atoms with Crippen LogP contribution in [0.4, 0.5) is 0 Å². The fraction of sp³-hybridized carbons (Fsp3) is 0.375. The third-order valence-corrected chi connectivity index (χ3v) is 6.27. The summed E-state index contributed by atoms with van der Waals surface area (Å²) in [7, 11) is 0. The number of hydrogen-bond acceptors (Lipinski definition) is 5. The van der Waals surface area contributed by atoms with Crippen LogP contribution >= 0.6 is 0 Å². The summed E-state index contributed by atoms with van der Waals surface area (Å²) in [5, 5.41) is 2.92. The van der Waals surface area contributed by atoms with Crippen molar-refractivity contribution < 1.29 is 18.7 Å². The highest BCUT2D eigenvalue weighted by Crippen LogP contribution is 2.28. The molecule has 2 aliphatic heterocycles. The first-order chi connectivity index (χ1) is 15.7. The highest BCUT2D eigenvalue weighted by atomic mass is 16.5. The number of rotatable bonds is 5.